The number of carboxylic acid groups (broad SMARTS) is 1. The third-order valence-electron chi connectivity index (χ3n) is 3.55. The number of nitrogens with one attached hydrogen (secondary N) is 1. The summed E-state index contributed by atoms with van der Waals surface area (Å²) in [5.41, 5.74) is 0.986. The van der Waals surface area contributed by atoms with Crippen molar-refractivity contribution in [2.45, 2.75) is 65.3 Å². The number of hydrogen-bond acceptors (Lipinski definition) is 7. The third kappa shape index (κ3) is 7.34. The number of hydrogen-bond donors (Lipinski definition) is 4. The van der Waals surface area contributed by atoms with Gasteiger partial charge in [-0.15, -0.1) is 0 Å². The molecule has 1 aromatic rings. The molecule has 3 unspecified atom stereocenters. The molecule has 8 nitrogen and oxygen atoms in total. The summed E-state index contributed by atoms with van der Waals surface area (Å²) in [5, 5.41) is 31.5. The van der Waals surface area contributed by atoms with Gasteiger partial charge in [-0.1, -0.05) is 33.8 Å². The predicted molar refractivity (Wildman–Crippen MR) is 102 cm³/mol. The summed E-state index contributed by atoms with van der Waals surface area (Å²) in [7, 11) is 3.32. The molecule has 1 aromatic carbocycles. The van der Waals surface area contributed by atoms with Crippen molar-refractivity contribution in [2.24, 2.45) is 0 Å². The van der Waals surface area contributed by atoms with Gasteiger partial charge in [0.15, 0.2) is 17.6 Å². The van der Waals surface area contributed by atoms with E-state index in [1.807, 2.05) is 40.8 Å². The number of carboxylic acids is 1. The maximum atomic E-state index is 11.1. The van der Waals surface area contributed by atoms with Gasteiger partial charge < -0.3 is 34.8 Å². The molecular formula is C19H33NO7. The van der Waals surface area contributed by atoms with E-state index < -0.39 is 30.6 Å². The largest absolute Gasteiger partial charge is 0.493 e. The summed E-state index contributed by atoms with van der Waals surface area (Å²) in [6.07, 6.45) is -5.33. The van der Waals surface area contributed by atoms with Crippen LogP contribution in [0.1, 0.15) is 39.7 Å². The van der Waals surface area contributed by atoms with Crippen LogP contribution in [-0.4, -0.2) is 60.0 Å². The molecule has 0 radical (unpaired) electrons. The van der Waals surface area contributed by atoms with Gasteiger partial charge in [-0.3, -0.25) is 0 Å². The summed E-state index contributed by atoms with van der Waals surface area (Å²) in [6.45, 7) is 8.66. The first-order valence-corrected chi connectivity index (χ1v) is 9.18. The monoisotopic (exact) mass is 387 g/mol. The van der Waals surface area contributed by atoms with Gasteiger partial charge in [0.25, 0.3) is 0 Å². The van der Waals surface area contributed by atoms with E-state index in [4.69, 9.17) is 19.3 Å². The zero-order chi connectivity index (χ0) is 21.0. The molecule has 0 spiro atoms. The molecule has 1 aliphatic rings. The second-order valence-corrected chi connectivity index (χ2v) is 5.25. The van der Waals surface area contributed by atoms with E-state index in [0.29, 0.717) is 18.0 Å². The highest BCUT2D eigenvalue weighted by Crippen LogP contribution is 2.31. The molecule has 0 saturated carbocycles. The number of benzene rings is 1. The van der Waals surface area contributed by atoms with E-state index in [1.54, 1.807) is 12.1 Å². The zero-order valence-corrected chi connectivity index (χ0v) is 16.9. The Morgan fingerprint density at radius 2 is 1.85 bits per heavy atom. The maximum Gasteiger partial charge on any atom is 0.335 e. The number of aliphatic hydroxyl groups is 2. The number of ether oxygens (including phenoxy) is 3. The van der Waals surface area contributed by atoms with Gasteiger partial charge in [0, 0.05) is 13.0 Å². The third-order valence-corrected chi connectivity index (χ3v) is 3.55. The number of aliphatic hydroxyl groups excluding tert-OH is 2. The molecule has 1 fully saturated rings. The summed E-state index contributed by atoms with van der Waals surface area (Å²) >= 11 is 0. The van der Waals surface area contributed by atoms with E-state index in [-0.39, 0.29) is 6.42 Å². The lowest BCUT2D eigenvalue weighted by atomic mass is 10.0. The van der Waals surface area contributed by atoms with Crippen LogP contribution in [0.2, 0.25) is 0 Å². The quantitative estimate of drug-likeness (QED) is 0.583. The minimum atomic E-state index is -1.54. The van der Waals surface area contributed by atoms with Crippen molar-refractivity contribution in [3.8, 4) is 11.5 Å². The van der Waals surface area contributed by atoms with Crippen LogP contribution in [0.15, 0.2) is 18.2 Å². The molecule has 1 aliphatic heterocycles. The van der Waals surface area contributed by atoms with Crippen molar-refractivity contribution >= 4 is 5.97 Å². The minimum absolute atomic E-state index is 0.0492. The molecule has 2 rings (SSSR count). The number of methoxy groups -OCH3 is 1. The molecule has 8 heteroatoms. The molecular weight excluding hydrogens is 354 g/mol. The summed E-state index contributed by atoms with van der Waals surface area (Å²) in [4.78, 5) is 11.1. The highest BCUT2D eigenvalue weighted by Gasteiger charge is 2.42. The number of rotatable bonds is 6. The lowest BCUT2D eigenvalue weighted by molar-refractivity contribution is -0.228. The zero-order valence-electron chi connectivity index (χ0n) is 16.9. The van der Waals surface area contributed by atoms with Crippen molar-refractivity contribution in [2.75, 3.05) is 14.2 Å². The van der Waals surface area contributed by atoms with Crippen LogP contribution in [0.25, 0.3) is 0 Å². The molecule has 1 heterocycles. The van der Waals surface area contributed by atoms with Crippen molar-refractivity contribution in [1.29, 1.82) is 0 Å². The standard InChI is InChI=1S/C15H21NO7.2C2H6/c1-16-7-8-3-4-10(11(5-8)21-2)22-12-6-9(17)13(18)14(23-12)15(19)20;2*1-2/h3-5,9,12-14,16-18H,6-7H2,1-2H3,(H,19,20);2*1-2H3/t9?,12?,13-,14?;;/m0../s1. The predicted octanol–water partition coefficient (Wildman–Crippen LogP) is 1.77. The molecule has 4 N–H and O–H groups in total. The Hall–Kier alpha value is -1.87. The Bertz CT molecular complexity index is 553. The van der Waals surface area contributed by atoms with E-state index in [0.717, 1.165) is 5.56 Å². The maximum absolute atomic E-state index is 11.1. The lowest BCUT2D eigenvalue weighted by Crippen LogP contribution is -2.53. The van der Waals surface area contributed by atoms with Gasteiger partial charge in [-0.2, -0.15) is 0 Å². The van der Waals surface area contributed by atoms with Gasteiger partial charge in [0.1, 0.15) is 6.10 Å². The molecule has 0 aromatic heterocycles. The normalized spacial score (nSPS) is 23.9. The van der Waals surface area contributed by atoms with Gasteiger partial charge in [-0.05, 0) is 24.7 Å². The Morgan fingerprint density at radius 3 is 2.37 bits per heavy atom. The molecule has 1 saturated heterocycles. The van der Waals surface area contributed by atoms with Crippen LogP contribution in [0.3, 0.4) is 0 Å². The SMILES string of the molecule is CC.CC.CNCc1ccc(OC2CC(O)[C@H](O)C(C(=O)O)O2)c(OC)c1. The van der Waals surface area contributed by atoms with Gasteiger partial charge in [-0.25, -0.2) is 4.79 Å². The van der Waals surface area contributed by atoms with Crippen LogP contribution in [0.5, 0.6) is 11.5 Å². The smallest absolute Gasteiger partial charge is 0.335 e. The molecule has 4 atom stereocenters. The second kappa shape index (κ2) is 13.3. The molecule has 0 amide bonds. The van der Waals surface area contributed by atoms with E-state index in [9.17, 15) is 15.0 Å². The number of carbonyl (C=O) groups is 1. The van der Waals surface area contributed by atoms with Crippen LogP contribution in [0, 0.1) is 0 Å². The van der Waals surface area contributed by atoms with Crippen LogP contribution < -0.4 is 14.8 Å². The van der Waals surface area contributed by atoms with Crippen molar-refractivity contribution < 1.29 is 34.3 Å². The lowest BCUT2D eigenvalue weighted by Gasteiger charge is -2.35. The Morgan fingerprint density at radius 1 is 1.22 bits per heavy atom. The fourth-order valence-electron chi connectivity index (χ4n) is 2.38. The van der Waals surface area contributed by atoms with Gasteiger partial charge in [0.05, 0.1) is 13.2 Å². The average Bonchev–Trinajstić information content (AvgIpc) is 2.68. The summed E-state index contributed by atoms with van der Waals surface area (Å²) in [6, 6.07) is 5.30. The molecule has 156 valence electrons. The van der Waals surface area contributed by atoms with Crippen molar-refractivity contribution in [3.05, 3.63) is 23.8 Å². The molecule has 27 heavy (non-hydrogen) atoms. The first-order chi connectivity index (χ1) is 13.0. The van der Waals surface area contributed by atoms with E-state index in [1.165, 1.54) is 7.11 Å². The topological polar surface area (TPSA) is 117 Å². The van der Waals surface area contributed by atoms with Crippen LogP contribution in [0.4, 0.5) is 0 Å². The fraction of sp³-hybridized carbons (Fsp3) is 0.632. The Labute approximate surface area is 161 Å². The van der Waals surface area contributed by atoms with Crippen molar-refractivity contribution in [3.63, 3.8) is 0 Å². The highest BCUT2D eigenvalue weighted by molar-refractivity contribution is 5.73. The second-order valence-electron chi connectivity index (χ2n) is 5.25. The first kappa shape index (κ1) is 25.1. The van der Waals surface area contributed by atoms with Crippen molar-refractivity contribution in [1.82, 2.24) is 5.32 Å². The summed E-state index contributed by atoms with van der Waals surface area (Å²) < 4.78 is 16.1. The minimum Gasteiger partial charge on any atom is -0.493 e. The van der Waals surface area contributed by atoms with Gasteiger partial charge >= 0.3 is 5.97 Å². The molecule has 0 bridgehead atoms. The van der Waals surface area contributed by atoms with Gasteiger partial charge in [0.2, 0.25) is 6.29 Å². The fourth-order valence-corrected chi connectivity index (χ4v) is 2.38. The Balaban J connectivity index is 0.00000158. The van der Waals surface area contributed by atoms with E-state index >= 15 is 0 Å². The van der Waals surface area contributed by atoms with Crippen LogP contribution >= 0.6 is 0 Å². The van der Waals surface area contributed by atoms with E-state index in [2.05, 4.69) is 5.32 Å². The van der Waals surface area contributed by atoms with Crippen LogP contribution in [-0.2, 0) is 16.1 Å². The Kier molecular flexibility index (Phi) is 12.4. The highest BCUT2D eigenvalue weighted by atomic mass is 16.7. The average molecular weight is 387 g/mol. The number of aliphatic carboxylic acids is 1. The first-order valence-electron chi connectivity index (χ1n) is 9.18. The molecule has 0 aliphatic carbocycles. The summed E-state index contributed by atoms with van der Waals surface area (Å²) in [5.74, 6) is -0.528.